The van der Waals surface area contributed by atoms with Crippen molar-refractivity contribution in [1.29, 1.82) is 0 Å². The molecule has 1 nitrogen and oxygen atoms in total. The third kappa shape index (κ3) is 1.79. The summed E-state index contributed by atoms with van der Waals surface area (Å²) in [5.41, 5.74) is 7.01. The second kappa shape index (κ2) is 4.04. The first-order valence-corrected chi connectivity index (χ1v) is 6.55. The van der Waals surface area contributed by atoms with Crippen molar-refractivity contribution < 1.29 is 0 Å². The first kappa shape index (κ1) is 10.1. The van der Waals surface area contributed by atoms with Crippen LogP contribution >= 0.6 is 11.3 Å². The maximum Gasteiger partial charge on any atom is 0.0345 e. The Morgan fingerprint density at radius 3 is 2.62 bits per heavy atom. The van der Waals surface area contributed by atoms with E-state index in [1.807, 2.05) is 11.3 Å². The lowest BCUT2D eigenvalue weighted by atomic mass is 10.2. The standard InChI is InChI=1S/C14H15NS/c15-9-11-8-12(11)14-7-6-13(16-14)10-4-2-1-3-5-10/h1-7,11-12H,8-9,15H2. The first-order chi connectivity index (χ1) is 7.88. The molecule has 3 rings (SSSR count). The van der Waals surface area contributed by atoms with Crippen LogP contribution in [-0.2, 0) is 0 Å². The Bertz CT molecular complexity index is 474. The molecular formula is C14H15NS. The molecule has 0 bridgehead atoms. The maximum atomic E-state index is 5.68. The third-order valence-corrected chi connectivity index (χ3v) is 4.54. The zero-order valence-corrected chi connectivity index (χ0v) is 9.91. The molecule has 16 heavy (non-hydrogen) atoms. The van der Waals surface area contributed by atoms with E-state index in [-0.39, 0.29) is 0 Å². The van der Waals surface area contributed by atoms with E-state index in [1.54, 1.807) is 0 Å². The molecule has 1 saturated carbocycles. The van der Waals surface area contributed by atoms with Crippen LogP contribution in [0, 0.1) is 5.92 Å². The van der Waals surface area contributed by atoms with Crippen molar-refractivity contribution in [2.24, 2.45) is 11.7 Å². The minimum absolute atomic E-state index is 0.738. The van der Waals surface area contributed by atoms with Gasteiger partial charge in [-0.2, -0.15) is 0 Å². The van der Waals surface area contributed by atoms with E-state index in [1.165, 1.54) is 21.7 Å². The van der Waals surface area contributed by atoms with Gasteiger partial charge in [-0.15, -0.1) is 11.3 Å². The van der Waals surface area contributed by atoms with Crippen LogP contribution in [0.15, 0.2) is 42.5 Å². The number of rotatable bonds is 3. The molecule has 2 unspecified atom stereocenters. The normalized spacial score (nSPS) is 23.3. The smallest absolute Gasteiger partial charge is 0.0345 e. The van der Waals surface area contributed by atoms with Gasteiger partial charge < -0.3 is 5.73 Å². The van der Waals surface area contributed by atoms with Gasteiger partial charge in [0.2, 0.25) is 0 Å². The molecule has 1 heterocycles. The van der Waals surface area contributed by atoms with Crippen molar-refractivity contribution in [3.63, 3.8) is 0 Å². The van der Waals surface area contributed by atoms with E-state index in [9.17, 15) is 0 Å². The molecule has 1 aliphatic rings. The number of nitrogens with two attached hydrogens (primary N) is 1. The largest absolute Gasteiger partial charge is 0.330 e. The van der Waals surface area contributed by atoms with Gasteiger partial charge in [-0.3, -0.25) is 0 Å². The van der Waals surface area contributed by atoms with Crippen LogP contribution in [-0.4, -0.2) is 6.54 Å². The summed E-state index contributed by atoms with van der Waals surface area (Å²) in [6.07, 6.45) is 1.28. The highest BCUT2D eigenvalue weighted by atomic mass is 32.1. The van der Waals surface area contributed by atoms with Crippen molar-refractivity contribution in [3.05, 3.63) is 47.3 Å². The Kier molecular flexibility index (Phi) is 2.54. The molecule has 0 amide bonds. The SMILES string of the molecule is NCC1CC1c1ccc(-c2ccccc2)s1. The highest BCUT2D eigenvalue weighted by molar-refractivity contribution is 7.15. The van der Waals surface area contributed by atoms with Crippen molar-refractivity contribution in [2.75, 3.05) is 6.54 Å². The summed E-state index contributed by atoms with van der Waals surface area (Å²) in [6, 6.07) is 15.1. The van der Waals surface area contributed by atoms with Gasteiger partial charge in [0.25, 0.3) is 0 Å². The van der Waals surface area contributed by atoms with Crippen LogP contribution in [0.5, 0.6) is 0 Å². The van der Waals surface area contributed by atoms with Crippen LogP contribution in [0.2, 0.25) is 0 Å². The van der Waals surface area contributed by atoms with E-state index in [4.69, 9.17) is 5.73 Å². The predicted molar refractivity (Wildman–Crippen MR) is 69.7 cm³/mol. The molecule has 1 aromatic heterocycles. The minimum atomic E-state index is 0.738. The highest BCUT2D eigenvalue weighted by Gasteiger charge is 2.37. The summed E-state index contributed by atoms with van der Waals surface area (Å²) in [5.74, 6) is 1.48. The van der Waals surface area contributed by atoms with Crippen LogP contribution in [0.1, 0.15) is 17.2 Å². The van der Waals surface area contributed by atoms with E-state index < -0.39 is 0 Å². The zero-order valence-electron chi connectivity index (χ0n) is 9.10. The van der Waals surface area contributed by atoms with E-state index in [2.05, 4.69) is 42.5 Å². The fourth-order valence-corrected chi connectivity index (χ4v) is 3.39. The van der Waals surface area contributed by atoms with Crippen molar-refractivity contribution in [2.45, 2.75) is 12.3 Å². The second-order valence-electron chi connectivity index (χ2n) is 4.41. The van der Waals surface area contributed by atoms with Gasteiger partial charge >= 0.3 is 0 Å². The van der Waals surface area contributed by atoms with Gasteiger partial charge in [-0.05, 0) is 42.5 Å². The van der Waals surface area contributed by atoms with Gasteiger partial charge in [0.05, 0.1) is 0 Å². The fourth-order valence-electron chi connectivity index (χ4n) is 2.17. The lowest BCUT2D eigenvalue weighted by Gasteiger charge is -1.95. The summed E-state index contributed by atoms with van der Waals surface area (Å²) < 4.78 is 0. The van der Waals surface area contributed by atoms with Crippen molar-refractivity contribution in [1.82, 2.24) is 0 Å². The molecule has 0 radical (unpaired) electrons. The molecular weight excluding hydrogens is 214 g/mol. The van der Waals surface area contributed by atoms with E-state index in [0.29, 0.717) is 0 Å². The Morgan fingerprint density at radius 2 is 1.94 bits per heavy atom. The molecule has 2 N–H and O–H groups in total. The molecule has 0 saturated heterocycles. The van der Waals surface area contributed by atoms with Crippen LogP contribution in [0.4, 0.5) is 0 Å². The number of hydrogen-bond acceptors (Lipinski definition) is 2. The molecule has 2 aromatic rings. The second-order valence-corrected chi connectivity index (χ2v) is 5.52. The number of thiophene rings is 1. The van der Waals surface area contributed by atoms with Crippen molar-refractivity contribution >= 4 is 11.3 Å². The minimum Gasteiger partial charge on any atom is -0.330 e. The Hall–Kier alpha value is -1.12. The molecule has 82 valence electrons. The van der Waals surface area contributed by atoms with Crippen LogP contribution in [0.3, 0.4) is 0 Å². The number of hydrogen-bond donors (Lipinski definition) is 1. The van der Waals surface area contributed by atoms with Gasteiger partial charge in [0, 0.05) is 9.75 Å². The topological polar surface area (TPSA) is 26.0 Å². The van der Waals surface area contributed by atoms with E-state index >= 15 is 0 Å². The van der Waals surface area contributed by atoms with Gasteiger partial charge in [0.15, 0.2) is 0 Å². The molecule has 1 aliphatic carbocycles. The van der Waals surface area contributed by atoms with Crippen LogP contribution in [0.25, 0.3) is 10.4 Å². The van der Waals surface area contributed by atoms with Gasteiger partial charge in [0.1, 0.15) is 0 Å². The molecule has 1 fully saturated rings. The quantitative estimate of drug-likeness (QED) is 0.856. The summed E-state index contributed by atoms with van der Waals surface area (Å²) >= 11 is 1.92. The third-order valence-electron chi connectivity index (χ3n) is 3.28. The summed E-state index contributed by atoms with van der Waals surface area (Å²) in [4.78, 5) is 2.88. The predicted octanol–water partition coefficient (Wildman–Crippen LogP) is 3.48. The first-order valence-electron chi connectivity index (χ1n) is 5.73. The Morgan fingerprint density at radius 1 is 1.12 bits per heavy atom. The Labute approximate surface area is 99.9 Å². The van der Waals surface area contributed by atoms with Crippen LogP contribution < -0.4 is 5.73 Å². The average Bonchev–Trinajstić information content (AvgIpc) is 2.98. The zero-order chi connectivity index (χ0) is 11.0. The summed E-state index contributed by atoms with van der Waals surface area (Å²) in [6.45, 7) is 0.837. The van der Waals surface area contributed by atoms with Gasteiger partial charge in [-0.25, -0.2) is 0 Å². The lowest BCUT2D eigenvalue weighted by molar-refractivity contribution is 0.815. The summed E-state index contributed by atoms with van der Waals surface area (Å²) in [5, 5.41) is 0. The number of benzene rings is 1. The van der Waals surface area contributed by atoms with E-state index in [0.717, 1.165) is 18.4 Å². The maximum absolute atomic E-state index is 5.68. The highest BCUT2D eigenvalue weighted by Crippen LogP contribution is 2.49. The molecule has 1 aromatic carbocycles. The molecule has 2 atom stereocenters. The Balaban J connectivity index is 1.84. The summed E-state index contributed by atoms with van der Waals surface area (Å²) in [7, 11) is 0. The lowest BCUT2D eigenvalue weighted by Crippen LogP contribution is -2.01. The monoisotopic (exact) mass is 229 g/mol. The average molecular weight is 229 g/mol. The van der Waals surface area contributed by atoms with Crippen molar-refractivity contribution in [3.8, 4) is 10.4 Å². The molecule has 2 heteroatoms. The fraction of sp³-hybridized carbons (Fsp3) is 0.286. The molecule has 0 spiro atoms. The van der Waals surface area contributed by atoms with Gasteiger partial charge in [-0.1, -0.05) is 30.3 Å². The molecule has 0 aliphatic heterocycles.